The van der Waals surface area contributed by atoms with Crippen molar-refractivity contribution in [2.24, 2.45) is 0 Å². The minimum Gasteiger partial charge on any atom is -0.308 e. The average molecular weight is 843 g/mol. The van der Waals surface area contributed by atoms with E-state index in [0.29, 0.717) is 17.5 Å². The number of para-hydroxylation sites is 1. The number of fused-ring (bicyclic) bond motifs is 13. The lowest BCUT2D eigenvalue weighted by Gasteiger charge is -2.16. The third-order valence-electron chi connectivity index (χ3n) is 12.4. The molecule has 14 rings (SSSR count). The quantitative estimate of drug-likeness (QED) is 0.177. The highest BCUT2D eigenvalue weighted by Crippen LogP contribution is 2.46. The summed E-state index contributed by atoms with van der Waals surface area (Å²) in [4.78, 5) is 16.5. The van der Waals surface area contributed by atoms with Crippen LogP contribution in [0.2, 0.25) is 0 Å². The topological polar surface area (TPSA) is 43.6 Å². The van der Waals surface area contributed by atoms with Crippen LogP contribution in [0.5, 0.6) is 0 Å². The summed E-state index contributed by atoms with van der Waals surface area (Å²) in [6.07, 6.45) is 0. The first-order valence-electron chi connectivity index (χ1n) is 20.7. The van der Waals surface area contributed by atoms with E-state index in [1.807, 2.05) is 34.0 Å². The zero-order chi connectivity index (χ0) is 40.5. The molecular formula is C55H30N4S3. The van der Waals surface area contributed by atoms with Gasteiger partial charge in [0.05, 0.1) is 22.3 Å². The van der Waals surface area contributed by atoms with Gasteiger partial charge in [-0.1, -0.05) is 121 Å². The van der Waals surface area contributed by atoms with E-state index in [1.54, 1.807) is 0 Å². The van der Waals surface area contributed by atoms with Crippen LogP contribution >= 0.6 is 34.0 Å². The van der Waals surface area contributed by atoms with Crippen molar-refractivity contribution in [1.82, 2.24) is 19.5 Å². The summed E-state index contributed by atoms with van der Waals surface area (Å²) >= 11 is 5.44. The Bertz CT molecular complexity index is 4060. The van der Waals surface area contributed by atoms with Gasteiger partial charge >= 0.3 is 0 Å². The van der Waals surface area contributed by atoms with Gasteiger partial charge in [-0.15, -0.1) is 34.0 Å². The smallest absolute Gasteiger partial charge is 0.166 e. The van der Waals surface area contributed by atoms with Crippen molar-refractivity contribution in [2.75, 3.05) is 0 Å². The van der Waals surface area contributed by atoms with Crippen LogP contribution in [0.4, 0.5) is 0 Å². The molecule has 7 heteroatoms. The fourth-order valence-corrected chi connectivity index (χ4v) is 13.0. The van der Waals surface area contributed by atoms with E-state index < -0.39 is 0 Å². The lowest BCUT2D eigenvalue weighted by molar-refractivity contribution is 1.07. The molecule has 0 fully saturated rings. The van der Waals surface area contributed by atoms with Gasteiger partial charge in [-0.25, -0.2) is 15.0 Å². The summed E-state index contributed by atoms with van der Waals surface area (Å²) in [5.74, 6) is 1.95. The minimum absolute atomic E-state index is 0.647. The number of nitrogens with zero attached hydrogens (tertiary/aromatic N) is 4. The number of benzene rings is 9. The third-order valence-corrected chi connectivity index (χ3v) is 15.8. The number of thiophene rings is 3. The van der Waals surface area contributed by atoms with Crippen LogP contribution in [0.3, 0.4) is 0 Å². The first kappa shape index (κ1) is 34.4. The molecule has 5 aromatic heterocycles. The van der Waals surface area contributed by atoms with Crippen LogP contribution < -0.4 is 0 Å². The third kappa shape index (κ3) is 5.07. The van der Waals surface area contributed by atoms with Crippen LogP contribution in [-0.2, 0) is 0 Å². The Morgan fingerprint density at radius 1 is 0.323 bits per heavy atom. The average Bonchev–Trinajstić information content (AvgIpc) is 4.08. The molecule has 0 bridgehead atoms. The molecule has 288 valence electrons. The highest BCUT2D eigenvalue weighted by molar-refractivity contribution is 7.26. The van der Waals surface area contributed by atoms with Crippen molar-refractivity contribution in [3.05, 3.63) is 182 Å². The summed E-state index contributed by atoms with van der Waals surface area (Å²) in [6.45, 7) is 0. The van der Waals surface area contributed by atoms with Crippen LogP contribution in [-0.4, -0.2) is 19.5 Å². The van der Waals surface area contributed by atoms with E-state index in [-0.39, 0.29) is 0 Å². The molecular weight excluding hydrogens is 813 g/mol. The second kappa shape index (κ2) is 13.1. The normalized spacial score (nSPS) is 12.2. The van der Waals surface area contributed by atoms with Crippen molar-refractivity contribution < 1.29 is 0 Å². The van der Waals surface area contributed by atoms with Gasteiger partial charge in [0, 0.05) is 82.4 Å². The molecule has 0 N–H and O–H groups in total. The van der Waals surface area contributed by atoms with Crippen molar-refractivity contribution >= 4 is 127 Å². The first-order chi connectivity index (χ1) is 30.7. The fraction of sp³-hybridized carbons (Fsp3) is 0. The largest absolute Gasteiger partial charge is 0.308 e. The molecule has 0 amide bonds. The molecule has 0 spiro atoms. The summed E-state index contributed by atoms with van der Waals surface area (Å²) in [6, 6.07) is 66.0. The molecule has 4 nitrogen and oxygen atoms in total. The Morgan fingerprint density at radius 3 is 1.48 bits per heavy atom. The molecule has 0 radical (unpaired) electrons. The van der Waals surface area contributed by atoms with E-state index in [9.17, 15) is 0 Å². The zero-order valence-electron chi connectivity index (χ0n) is 32.8. The second-order valence-corrected chi connectivity index (χ2v) is 19.2. The Hall–Kier alpha value is -7.29. The summed E-state index contributed by atoms with van der Waals surface area (Å²) in [5, 5.41) is 12.2. The maximum absolute atomic E-state index is 5.55. The highest BCUT2D eigenvalue weighted by Gasteiger charge is 2.24. The predicted octanol–water partition coefficient (Wildman–Crippen LogP) is 16.2. The van der Waals surface area contributed by atoms with Crippen molar-refractivity contribution in [3.63, 3.8) is 0 Å². The number of hydrogen-bond acceptors (Lipinski definition) is 6. The van der Waals surface area contributed by atoms with Gasteiger partial charge in [-0.3, -0.25) is 0 Å². The lowest BCUT2D eigenvalue weighted by atomic mass is 10.0. The Labute approximate surface area is 366 Å². The van der Waals surface area contributed by atoms with E-state index in [2.05, 4.69) is 187 Å². The SMILES string of the molecule is c1ccc2cc3c(cc2c1)c1ccccc1n3-c1ccc2sc3ccccc3c2c1-c1nc(-c2ccc3c(c2)sc2ccccc23)nc(-c2ccc3c(c2)sc2ccccc23)n1. The van der Waals surface area contributed by atoms with E-state index in [1.165, 1.54) is 76.7 Å². The number of hydrogen-bond donors (Lipinski definition) is 0. The molecule has 5 heterocycles. The first-order valence-corrected chi connectivity index (χ1v) is 23.1. The summed E-state index contributed by atoms with van der Waals surface area (Å²) in [7, 11) is 0. The van der Waals surface area contributed by atoms with Gasteiger partial charge in [0.15, 0.2) is 17.5 Å². The Kier molecular flexibility index (Phi) is 7.28. The second-order valence-electron chi connectivity index (χ2n) is 15.9. The van der Waals surface area contributed by atoms with Crippen LogP contribution in [0.15, 0.2) is 182 Å². The number of aromatic nitrogens is 4. The molecule has 0 aliphatic carbocycles. The van der Waals surface area contributed by atoms with Gasteiger partial charge < -0.3 is 4.57 Å². The van der Waals surface area contributed by atoms with Crippen LogP contribution in [0.1, 0.15) is 0 Å². The van der Waals surface area contributed by atoms with Gasteiger partial charge in [0.25, 0.3) is 0 Å². The van der Waals surface area contributed by atoms with Gasteiger partial charge in [0.2, 0.25) is 0 Å². The molecule has 0 atom stereocenters. The molecule has 0 unspecified atom stereocenters. The molecule has 14 aromatic rings. The van der Waals surface area contributed by atoms with Gasteiger partial charge in [0.1, 0.15) is 0 Å². The molecule has 0 saturated heterocycles. The minimum atomic E-state index is 0.647. The van der Waals surface area contributed by atoms with Gasteiger partial charge in [-0.2, -0.15) is 0 Å². The van der Waals surface area contributed by atoms with E-state index in [0.717, 1.165) is 38.8 Å². The zero-order valence-corrected chi connectivity index (χ0v) is 35.3. The molecule has 0 aliphatic rings. The van der Waals surface area contributed by atoms with E-state index >= 15 is 0 Å². The maximum Gasteiger partial charge on any atom is 0.166 e. The summed E-state index contributed by atoms with van der Waals surface area (Å²) < 4.78 is 9.83. The van der Waals surface area contributed by atoms with Gasteiger partial charge in [-0.05, 0) is 71.4 Å². The standard InChI is InChI=1S/C55H30N4S3/c1-2-12-32-28-44-41(27-31(32)11-1)35-13-3-7-17-42(35)59(44)43-25-26-48-51(40-16-6-10-20-47(40)60-48)52(43)55-57-53(33-21-23-38-36-14-4-8-18-45(36)61-49(38)29-33)56-54(58-55)34-22-24-39-37-15-5-9-19-46(37)62-50(39)30-34/h1-30H. The predicted molar refractivity (Wildman–Crippen MR) is 267 cm³/mol. The molecule has 9 aromatic carbocycles. The lowest BCUT2D eigenvalue weighted by Crippen LogP contribution is -2.04. The van der Waals surface area contributed by atoms with Crippen molar-refractivity contribution in [3.8, 4) is 39.9 Å². The fourth-order valence-electron chi connectivity index (χ4n) is 9.61. The highest BCUT2D eigenvalue weighted by atomic mass is 32.1. The van der Waals surface area contributed by atoms with E-state index in [4.69, 9.17) is 15.0 Å². The molecule has 62 heavy (non-hydrogen) atoms. The Morgan fingerprint density at radius 2 is 0.823 bits per heavy atom. The van der Waals surface area contributed by atoms with Crippen molar-refractivity contribution in [2.45, 2.75) is 0 Å². The molecule has 0 saturated carbocycles. The van der Waals surface area contributed by atoms with Crippen LogP contribution in [0, 0.1) is 0 Å². The monoisotopic (exact) mass is 842 g/mol. The number of rotatable bonds is 4. The Balaban J connectivity index is 1.10. The maximum atomic E-state index is 5.55. The molecule has 0 aliphatic heterocycles. The summed E-state index contributed by atoms with van der Waals surface area (Å²) in [5.41, 5.74) is 6.23. The van der Waals surface area contributed by atoms with Crippen molar-refractivity contribution in [1.29, 1.82) is 0 Å². The van der Waals surface area contributed by atoms with Crippen LogP contribution in [0.25, 0.3) is 133 Å².